The molecule has 0 saturated carbocycles. The van der Waals surface area contributed by atoms with E-state index in [1.54, 1.807) is 0 Å². The third kappa shape index (κ3) is 84.9. The van der Waals surface area contributed by atoms with E-state index in [0.29, 0.717) is 12.8 Å². The molecule has 0 bridgehead atoms. The van der Waals surface area contributed by atoms with Crippen molar-refractivity contribution in [2.24, 2.45) is 5.92 Å². The summed E-state index contributed by atoms with van der Waals surface area (Å²) in [5.74, 6) is 0.227. The monoisotopic (exact) mass is 322 g/mol. The van der Waals surface area contributed by atoms with E-state index in [0.717, 1.165) is 12.6 Å². The predicted octanol–water partition coefficient (Wildman–Crippen LogP) is -6.51. The summed E-state index contributed by atoms with van der Waals surface area (Å²) in [4.78, 5) is 19.5. The summed E-state index contributed by atoms with van der Waals surface area (Å²) in [6.07, 6.45) is 2.68. The van der Waals surface area contributed by atoms with Crippen LogP contribution in [0.5, 0.6) is 0 Å². The fourth-order valence-corrected chi connectivity index (χ4v) is 0.425. The van der Waals surface area contributed by atoms with Crippen LogP contribution in [-0.2, 0) is 32.3 Å². The molecule has 98 valence electrons. The van der Waals surface area contributed by atoms with E-state index in [1.807, 2.05) is 6.92 Å². The first-order valence-electron chi connectivity index (χ1n) is 3.71. The van der Waals surface area contributed by atoms with Crippen molar-refractivity contribution >= 4 is 35.3 Å². The van der Waals surface area contributed by atoms with Crippen LogP contribution >= 0.6 is 0 Å². The Morgan fingerprint density at radius 2 is 1.17 bits per heavy atom. The van der Waals surface area contributed by atoms with Crippen LogP contribution < -0.4 is 59.1 Å². The first-order valence-corrected chi connectivity index (χ1v) is 5.78. The molecule has 2 unspecified atom stereocenters. The van der Waals surface area contributed by atoms with Crippen LogP contribution in [0, 0.1) is 5.92 Å². The van der Waals surface area contributed by atoms with Crippen LogP contribution in [0.15, 0.2) is 0 Å². The van der Waals surface area contributed by atoms with Gasteiger partial charge in [-0.1, -0.05) is 6.92 Å². The number of carbonyl (C=O) groups is 2. The zero-order valence-corrected chi connectivity index (χ0v) is 15.9. The molecule has 0 aliphatic heterocycles. The Morgan fingerprint density at radius 3 is 1.28 bits per heavy atom. The van der Waals surface area contributed by atoms with Gasteiger partial charge in [0.25, 0.3) is 0 Å². The fourth-order valence-electron chi connectivity index (χ4n) is 0.425. The molecule has 8 nitrogen and oxygen atoms in total. The summed E-state index contributed by atoms with van der Waals surface area (Å²) in [5, 5.41) is 0. The molecular weight excluding hydrogens is 310 g/mol. The van der Waals surface area contributed by atoms with Gasteiger partial charge >= 0.3 is 59.1 Å². The van der Waals surface area contributed by atoms with Crippen molar-refractivity contribution < 1.29 is 95.3 Å². The molecular formula is C6H12Na2O8S2. The smallest absolute Gasteiger partial charge is 0.750 e. The number of carbonyl (C=O) groups excluding carboxylic acids is 2. The topological polar surface area (TPSA) is 155 Å². The Hall–Kier alpha value is 1.48. The van der Waals surface area contributed by atoms with E-state index < -0.39 is 22.7 Å². The standard InChI is InChI=1S/C6H10O2.2Na.2H2O3S/c1-6(2-4-7)3-5-8;;;2*1-4(2)3/h4-6H,2-3H2,1H3;;;2*(H2,1,2,3)/q;2*+1;;/p-2. The summed E-state index contributed by atoms with van der Waals surface area (Å²) in [6, 6.07) is 0. The molecule has 18 heavy (non-hydrogen) atoms. The Balaban J connectivity index is -0.0000000489. The Bertz CT molecular complexity index is 198. The Labute approximate surface area is 154 Å². The van der Waals surface area contributed by atoms with Gasteiger partial charge in [-0.05, 0) is 5.92 Å². The van der Waals surface area contributed by atoms with E-state index >= 15 is 0 Å². The summed E-state index contributed by atoms with van der Waals surface area (Å²) >= 11 is -5.72. The van der Waals surface area contributed by atoms with Crippen molar-refractivity contribution in [1.82, 2.24) is 0 Å². The minimum Gasteiger partial charge on any atom is -0.750 e. The zero-order valence-electron chi connectivity index (χ0n) is 10.3. The molecule has 0 aliphatic carbocycles. The molecule has 0 radical (unpaired) electrons. The molecule has 0 amide bonds. The predicted molar refractivity (Wildman–Crippen MR) is 53.6 cm³/mol. The van der Waals surface area contributed by atoms with Gasteiger partial charge in [0.05, 0.1) is 22.7 Å². The van der Waals surface area contributed by atoms with Crippen LogP contribution in [-0.4, -0.2) is 39.2 Å². The van der Waals surface area contributed by atoms with Gasteiger partial charge < -0.3 is 27.8 Å². The summed E-state index contributed by atoms with van der Waals surface area (Å²) in [7, 11) is 0. The van der Waals surface area contributed by atoms with Gasteiger partial charge in [0.15, 0.2) is 0 Å². The maximum atomic E-state index is 9.77. The van der Waals surface area contributed by atoms with Gasteiger partial charge in [0.1, 0.15) is 12.6 Å². The zero-order chi connectivity index (χ0) is 13.6. The molecule has 0 saturated heterocycles. The van der Waals surface area contributed by atoms with Gasteiger partial charge in [-0.25, -0.2) is 8.42 Å². The first-order chi connectivity index (χ1) is 7.27. The van der Waals surface area contributed by atoms with Crippen LogP contribution in [0.1, 0.15) is 19.8 Å². The van der Waals surface area contributed by atoms with Crippen molar-refractivity contribution in [3.63, 3.8) is 0 Å². The molecule has 0 rings (SSSR count). The average molecular weight is 322 g/mol. The molecule has 0 aromatic rings. The fraction of sp³-hybridized carbons (Fsp3) is 0.667. The number of aldehydes is 2. The van der Waals surface area contributed by atoms with Crippen molar-refractivity contribution in [2.45, 2.75) is 19.8 Å². The first kappa shape index (κ1) is 31.7. The van der Waals surface area contributed by atoms with Gasteiger partial charge in [-0.3, -0.25) is 0 Å². The van der Waals surface area contributed by atoms with E-state index in [-0.39, 0.29) is 65.0 Å². The van der Waals surface area contributed by atoms with Crippen molar-refractivity contribution in [1.29, 1.82) is 0 Å². The molecule has 0 spiro atoms. The molecule has 12 heteroatoms. The van der Waals surface area contributed by atoms with Gasteiger partial charge in [-0.2, -0.15) is 0 Å². The van der Waals surface area contributed by atoms with Crippen molar-refractivity contribution in [3.05, 3.63) is 0 Å². The van der Waals surface area contributed by atoms with Crippen molar-refractivity contribution in [3.8, 4) is 0 Å². The second-order valence-corrected chi connectivity index (χ2v) is 3.21. The minimum absolute atomic E-state index is 0. The van der Waals surface area contributed by atoms with Crippen molar-refractivity contribution in [2.75, 3.05) is 0 Å². The molecule has 0 fully saturated rings. The quantitative estimate of drug-likeness (QED) is 0.294. The summed E-state index contributed by atoms with van der Waals surface area (Å²) in [5.41, 5.74) is 0. The van der Waals surface area contributed by atoms with Crippen LogP contribution in [0.4, 0.5) is 0 Å². The van der Waals surface area contributed by atoms with E-state index in [4.69, 9.17) is 26.6 Å². The third-order valence-electron chi connectivity index (χ3n) is 0.997. The SMILES string of the molecule is CC(CC=O)CC=O.O=S([O-])O.O=S([O-])O.[Na+].[Na+]. The normalized spacial score (nSPS) is 11.0. The summed E-state index contributed by atoms with van der Waals surface area (Å²) in [6.45, 7) is 1.88. The molecule has 2 N–H and O–H groups in total. The van der Waals surface area contributed by atoms with Crippen LogP contribution in [0.2, 0.25) is 0 Å². The Kier molecular flexibility index (Phi) is 47.5. The molecule has 0 aliphatic rings. The second kappa shape index (κ2) is 26.9. The number of rotatable bonds is 4. The molecule has 2 atom stereocenters. The maximum absolute atomic E-state index is 9.77. The van der Waals surface area contributed by atoms with E-state index in [1.165, 1.54) is 0 Å². The largest absolute Gasteiger partial charge is 1.00 e. The Morgan fingerprint density at radius 1 is 1.00 bits per heavy atom. The molecule has 0 aromatic carbocycles. The van der Waals surface area contributed by atoms with E-state index in [9.17, 15) is 9.59 Å². The second-order valence-electron chi connectivity index (χ2n) is 2.34. The summed E-state index contributed by atoms with van der Waals surface area (Å²) < 4.78 is 48.2. The van der Waals surface area contributed by atoms with Crippen LogP contribution in [0.3, 0.4) is 0 Å². The van der Waals surface area contributed by atoms with Gasteiger partial charge in [-0.15, -0.1) is 0 Å². The maximum Gasteiger partial charge on any atom is 1.00 e. The minimum atomic E-state index is -2.86. The van der Waals surface area contributed by atoms with Gasteiger partial charge in [0.2, 0.25) is 0 Å². The van der Waals surface area contributed by atoms with Gasteiger partial charge in [0, 0.05) is 12.8 Å². The third-order valence-corrected chi connectivity index (χ3v) is 0.997. The molecule has 0 aromatic heterocycles. The van der Waals surface area contributed by atoms with Crippen LogP contribution in [0.25, 0.3) is 0 Å². The molecule has 0 heterocycles. The van der Waals surface area contributed by atoms with E-state index in [2.05, 4.69) is 0 Å². The average Bonchev–Trinajstić information content (AvgIpc) is 2.02. The number of hydrogen-bond acceptors (Lipinski definition) is 6. The number of hydrogen-bond donors (Lipinski definition) is 2.